The summed E-state index contributed by atoms with van der Waals surface area (Å²) in [6.45, 7) is 7.91. The van der Waals surface area contributed by atoms with Crippen LogP contribution in [0.3, 0.4) is 0 Å². The molecule has 0 aliphatic carbocycles. The molecule has 3 atom stereocenters. The van der Waals surface area contributed by atoms with Gasteiger partial charge >= 0.3 is 0 Å². The third-order valence-electron chi connectivity index (χ3n) is 3.70. The summed E-state index contributed by atoms with van der Waals surface area (Å²) in [6, 6.07) is 0. The van der Waals surface area contributed by atoms with E-state index < -0.39 is 0 Å². The SMILES string of the molecule is CC1CN(CC(O)CN(C)Cc2ncnn2C)CC(C)O1. The number of hydrogen-bond acceptors (Lipinski definition) is 6. The molecular formula is C14H27N5O2. The van der Waals surface area contributed by atoms with Crippen molar-refractivity contribution in [1.29, 1.82) is 0 Å². The second-order valence-corrected chi connectivity index (χ2v) is 6.13. The molecule has 1 saturated heterocycles. The molecule has 7 nitrogen and oxygen atoms in total. The standard InChI is InChI=1S/C14H27N5O2/c1-11-5-19(6-12(2)21-11)8-13(20)7-17(3)9-14-15-10-16-18(14)4/h10-13,20H,5-9H2,1-4H3. The van der Waals surface area contributed by atoms with Crippen LogP contribution in [-0.4, -0.2) is 81.2 Å². The molecule has 1 N–H and O–H groups in total. The van der Waals surface area contributed by atoms with E-state index in [1.54, 1.807) is 11.0 Å². The van der Waals surface area contributed by atoms with E-state index in [0.29, 0.717) is 19.6 Å². The molecular weight excluding hydrogens is 270 g/mol. The van der Waals surface area contributed by atoms with Gasteiger partial charge in [0.15, 0.2) is 0 Å². The summed E-state index contributed by atoms with van der Waals surface area (Å²) in [5.41, 5.74) is 0. The van der Waals surface area contributed by atoms with E-state index >= 15 is 0 Å². The Morgan fingerprint density at radius 3 is 2.67 bits per heavy atom. The number of aromatic nitrogens is 3. The van der Waals surface area contributed by atoms with Gasteiger partial charge in [0.25, 0.3) is 0 Å². The molecule has 1 aliphatic heterocycles. The fourth-order valence-corrected chi connectivity index (χ4v) is 2.92. The number of aryl methyl sites for hydroxylation is 1. The van der Waals surface area contributed by atoms with Gasteiger partial charge in [0, 0.05) is 33.2 Å². The minimum Gasteiger partial charge on any atom is -0.390 e. The van der Waals surface area contributed by atoms with Gasteiger partial charge in [-0.25, -0.2) is 4.98 Å². The van der Waals surface area contributed by atoms with Crippen LogP contribution in [0.1, 0.15) is 19.7 Å². The smallest absolute Gasteiger partial charge is 0.140 e. The molecule has 1 aliphatic rings. The van der Waals surface area contributed by atoms with Gasteiger partial charge in [-0.3, -0.25) is 14.5 Å². The lowest BCUT2D eigenvalue weighted by Crippen LogP contribution is -2.49. The van der Waals surface area contributed by atoms with Gasteiger partial charge in [-0.15, -0.1) is 0 Å². The van der Waals surface area contributed by atoms with Crippen LogP contribution in [0.2, 0.25) is 0 Å². The molecule has 0 bridgehead atoms. The summed E-state index contributed by atoms with van der Waals surface area (Å²) in [7, 11) is 3.87. The normalized spacial score (nSPS) is 25.4. The van der Waals surface area contributed by atoms with Crippen LogP contribution in [-0.2, 0) is 18.3 Å². The molecule has 7 heteroatoms. The highest BCUT2D eigenvalue weighted by molar-refractivity contribution is 4.83. The van der Waals surface area contributed by atoms with Crippen LogP contribution in [0.15, 0.2) is 6.33 Å². The van der Waals surface area contributed by atoms with Crippen molar-refractivity contribution >= 4 is 0 Å². The summed E-state index contributed by atoms with van der Waals surface area (Å²) >= 11 is 0. The van der Waals surface area contributed by atoms with E-state index in [0.717, 1.165) is 18.9 Å². The highest BCUT2D eigenvalue weighted by Gasteiger charge is 2.24. The number of rotatable bonds is 6. The lowest BCUT2D eigenvalue weighted by molar-refractivity contribution is -0.0777. The highest BCUT2D eigenvalue weighted by Crippen LogP contribution is 2.11. The van der Waals surface area contributed by atoms with Gasteiger partial charge < -0.3 is 9.84 Å². The first kappa shape index (κ1) is 16.4. The Balaban J connectivity index is 1.76. The lowest BCUT2D eigenvalue weighted by Gasteiger charge is -2.36. The molecule has 0 amide bonds. The molecule has 1 aromatic rings. The first-order valence-electron chi connectivity index (χ1n) is 7.51. The molecule has 0 saturated carbocycles. The van der Waals surface area contributed by atoms with Gasteiger partial charge in [0.1, 0.15) is 12.2 Å². The van der Waals surface area contributed by atoms with Crippen LogP contribution in [0, 0.1) is 0 Å². The Hall–Kier alpha value is -1.02. The minimum atomic E-state index is -0.374. The van der Waals surface area contributed by atoms with Crippen molar-refractivity contribution in [2.45, 2.75) is 38.7 Å². The summed E-state index contributed by atoms with van der Waals surface area (Å²) in [4.78, 5) is 8.55. The Morgan fingerprint density at radius 1 is 1.43 bits per heavy atom. The first-order chi connectivity index (χ1) is 9.94. The quantitative estimate of drug-likeness (QED) is 0.779. The third kappa shape index (κ3) is 5.03. The van der Waals surface area contributed by atoms with E-state index in [2.05, 4.69) is 33.7 Å². The average molecular weight is 297 g/mol. The van der Waals surface area contributed by atoms with E-state index in [-0.39, 0.29) is 18.3 Å². The predicted molar refractivity (Wildman–Crippen MR) is 79.8 cm³/mol. The van der Waals surface area contributed by atoms with Gasteiger partial charge in [-0.05, 0) is 20.9 Å². The van der Waals surface area contributed by atoms with Crippen LogP contribution in [0.4, 0.5) is 0 Å². The molecule has 2 heterocycles. The minimum absolute atomic E-state index is 0.234. The fourth-order valence-electron chi connectivity index (χ4n) is 2.92. The Bertz CT molecular complexity index is 429. The number of likely N-dealkylation sites (N-methyl/N-ethyl adjacent to an activating group) is 1. The van der Waals surface area contributed by atoms with Crippen molar-refractivity contribution < 1.29 is 9.84 Å². The molecule has 3 unspecified atom stereocenters. The maximum atomic E-state index is 10.3. The van der Waals surface area contributed by atoms with Gasteiger partial charge in [-0.1, -0.05) is 0 Å². The van der Waals surface area contributed by atoms with E-state index in [1.807, 2.05) is 14.1 Å². The summed E-state index contributed by atoms with van der Waals surface area (Å²) in [6.07, 6.45) is 1.64. The fraction of sp³-hybridized carbons (Fsp3) is 0.857. The van der Waals surface area contributed by atoms with Crippen molar-refractivity contribution in [3.8, 4) is 0 Å². The molecule has 1 aromatic heterocycles. The number of hydrogen-bond donors (Lipinski definition) is 1. The zero-order valence-electron chi connectivity index (χ0n) is 13.4. The summed E-state index contributed by atoms with van der Waals surface area (Å²) in [5.74, 6) is 0.901. The van der Waals surface area contributed by atoms with Crippen LogP contribution in [0.5, 0.6) is 0 Å². The second kappa shape index (κ2) is 7.31. The van der Waals surface area contributed by atoms with Crippen LogP contribution in [0.25, 0.3) is 0 Å². The number of morpholine rings is 1. The Kier molecular flexibility index (Phi) is 5.69. The summed E-state index contributed by atoms with van der Waals surface area (Å²) < 4.78 is 7.47. The van der Waals surface area contributed by atoms with Gasteiger partial charge in [0.05, 0.1) is 24.9 Å². The first-order valence-corrected chi connectivity index (χ1v) is 7.51. The number of aliphatic hydroxyl groups is 1. The Morgan fingerprint density at radius 2 is 2.10 bits per heavy atom. The maximum absolute atomic E-state index is 10.3. The average Bonchev–Trinajstić information content (AvgIpc) is 2.73. The number of nitrogens with zero attached hydrogens (tertiary/aromatic N) is 5. The van der Waals surface area contributed by atoms with Crippen molar-refractivity contribution in [3.63, 3.8) is 0 Å². The van der Waals surface area contributed by atoms with Gasteiger partial charge in [0.2, 0.25) is 0 Å². The van der Waals surface area contributed by atoms with Crippen molar-refractivity contribution in [2.75, 3.05) is 33.2 Å². The van der Waals surface area contributed by atoms with E-state index in [1.165, 1.54) is 0 Å². The molecule has 1 fully saturated rings. The zero-order valence-corrected chi connectivity index (χ0v) is 13.4. The van der Waals surface area contributed by atoms with Crippen LogP contribution >= 0.6 is 0 Å². The monoisotopic (exact) mass is 297 g/mol. The van der Waals surface area contributed by atoms with Crippen molar-refractivity contribution in [2.24, 2.45) is 7.05 Å². The largest absolute Gasteiger partial charge is 0.390 e. The molecule has 2 rings (SSSR count). The topological polar surface area (TPSA) is 66.7 Å². The predicted octanol–water partition coefficient (Wildman–Crippen LogP) is -0.283. The molecule has 21 heavy (non-hydrogen) atoms. The Labute approximate surface area is 126 Å². The van der Waals surface area contributed by atoms with Crippen LogP contribution < -0.4 is 0 Å². The maximum Gasteiger partial charge on any atom is 0.140 e. The number of ether oxygens (including phenoxy) is 1. The lowest BCUT2D eigenvalue weighted by atomic mass is 10.2. The molecule has 0 spiro atoms. The van der Waals surface area contributed by atoms with Gasteiger partial charge in [-0.2, -0.15) is 5.10 Å². The van der Waals surface area contributed by atoms with E-state index in [9.17, 15) is 5.11 Å². The third-order valence-corrected chi connectivity index (χ3v) is 3.70. The van der Waals surface area contributed by atoms with Crippen molar-refractivity contribution in [1.82, 2.24) is 24.6 Å². The van der Waals surface area contributed by atoms with E-state index in [4.69, 9.17) is 4.74 Å². The molecule has 0 aromatic carbocycles. The summed E-state index contributed by atoms with van der Waals surface area (Å²) in [5, 5.41) is 14.3. The number of β-amino-alcohol motifs (C(OH)–C–C–N with tert-alkyl or cyclic N) is 1. The zero-order chi connectivity index (χ0) is 15.4. The molecule has 0 radical (unpaired) electrons. The number of aliphatic hydroxyl groups excluding tert-OH is 1. The highest BCUT2D eigenvalue weighted by atomic mass is 16.5. The second-order valence-electron chi connectivity index (χ2n) is 6.13. The molecule has 120 valence electrons. The van der Waals surface area contributed by atoms with Crippen molar-refractivity contribution in [3.05, 3.63) is 12.2 Å².